The Morgan fingerprint density at radius 1 is 1.05 bits per heavy atom. The van der Waals surface area contributed by atoms with Gasteiger partial charge in [0.25, 0.3) is 0 Å². The highest BCUT2D eigenvalue weighted by Gasteiger charge is 2.14. The Kier molecular flexibility index (Phi) is 4.33. The van der Waals surface area contributed by atoms with Gasteiger partial charge in [0.1, 0.15) is 0 Å². The normalized spacial score (nSPS) is 10.7. The van der Waals surface area contributed by atoms with Crippen LogP contribution in [0.4, 0.5) is 17.1 Å². The van der Waals surface area contributed by atoms with E-state index in [0.717, 1.165) is 5.69 Å². The number of nitrogens with zero attached hydrogens (tertiary/aromatic N) is 1. The summed E-state index contributed by atoms with van der Waals surface area (Å²) < 4.78 is 0. The van der Waals surface area contributed by atoms with Crippen LogP contribution in [0.5, 0.6) is 0 Å². The minimum absolute atomic E-state index is 0.514. The van der Waals surface area contributed by atoms with Gasteiger partial charge in [-0.25, -0.2) is 0 Å². The molecule has 2 heteroatoms. The molecule has 0 aliphatic rings. The lowest BCUT2D eigenvalue weighted by Crippen LogP contribution is -2.14. The highest BCUT2D eigenvalue weighted by molar-refractivity contribution is 5.72. The predicted octanol–water partition coefficient (Wildman–Crippen LogP) is 4.93. The second-order valence-electron chi connectivity index (χ2n) is 5.53. The standard InChI is InChI=1S/C18H24N2/c1-13(2)17-11-6-8-14(3)18(17)20(5)16-10-7-9-15(12-16)19-4/h6-13,19H,1-5H3. The summed E-state index contributed by atoms with van der Waals surface area (Å²) in [6.07, 6.45) is 0. The Balaban J connectivity index is 2.49. The number of hydrogen-bond acceptors (Lipinski definition) is 2. The average Bonchev–Trinajstić information content (AvgIpc) is 2.46. The van der Waals surface area contributed by atoms with Gasteiger partial charge in [-0.3, -0.25) is 0 Å². The molecule has 106 valence electrons. The van der Waals surface area contributed by atoms with Gasteiger partial charge in [0.15, 0.2) is 0 Å². The molecule has 0 atom stereocenters. The highest BCUT2D eigenvalue weighted by Crippen LogP contribution is 2.35. The maximum absolute atomic E-state index is 3.20. The zero-order chi connectivity index (χ0) is 14.7. The summed E-state index contributed by atoms with van der Waals surface area (Å²) in [5, 5.41) is 3.20. The maximum Gasteiger partial charge on any atom is 0.0472 e. The molecular weight excluding hydrogens is 244 g/mol. The summed E-state index contributed by atoms with van der Waals surface area (Å²) in [7, 11) is 4.09. The summed E-state index contributed by atoms with van der Waals surface area (Å²) in [6.45, 7) is 6.67. The smallest absolute Gasteiger partial charge is 0.0472 e. The van der Waals surface area contributed by atoms with E-state index in [0.29, 0.717) is 5.92 Å². The Morgan fingerprint density at radius 2 is 1.75 bits per heavy atom. The molecule has 0 radical (unpaired) electrons. The van der Waals surface area contributed by atoms with Crippen molar-refractivity contribution < 1.29 is 0 Å². The van der Waals surface area contributed by atoms with Crippen molar-refractivity contribution in [2.75, 3.05) is 24.3 Å². The fourth-order valence-electron chi connectivity index (χ4n) is 2.60. The fourth-order valence-corrected chi connectivity index (χ4v) is 2.60. The van der Waals surface area contributed by atoms with Crippen LogP contribution in [0.1, 0.15) is 30.9 Å². The van der Waals surface area contributed by atoms with Crippen molar-refractivity contribution >= 4 is 17.1 Å². The molecule has 0 aromatic heterocycles. The third-order valence-electron chi connectivity index (χ3n) is 3.75. The molecule has 20 heavy (non-hydrogen) atoms. The Hall–Kier alpha value is -1.96. The second-order valence-corrected chi connectivity index (χ2v) is 5.53. The summed E-state index contributed by atoms with van der Waals surface area (Å²) >= 11 is 0. The first-order valence-corrected chi connectivity index (χ1v) is 7.15. The van der Waals surface area contributed by atoms with E-state index < -0.39 is 0 Å². The van der Waals surface area contributed by atoms with Crippen molar-refractivity contribution in [3.63, 3.8) is 0 Å². The molecule has 0 unspecified atom stereocenters. The van der Waals surface area contributed by atoms with Crippen LogP contribution in [0.2, 0.25) is 0 Å². The summed E-state index contributed by atoms with van der Waals surface area (Å²) in [6, 6.07) is 15.1. The van der Waals surface area contributed by atoms with E-state index in [9.17, 15) is 0 Å². The third kappa shape index (κ3) is 2.79. The average molecular weight is 268 g/mol. The molecule has 0 spiro atoms. The number of anilines is 3. The number of nitrogens with one attached hydrogen (secondary N) is 1. The van der Waals surface area contributed by atoms with E-state index in [1.165, 1.54) is 22.5 Å². The van der Waals surface area contributed by atoms with Crippen molar-refractivity contribution in [3.05, 3.63) is 53.6 Å². The van der Waals surface area contributed by atoms with Gasteiger partial charge in [-0.1, -0.05) is 38.1 Å². The minimum Gasteiger partial charge on any atom is -0.388 e. The van der Waals surface area contributed by atoms with E-state index in [1.807, 2.05) is 7.05 Å². The van der Waals surface area contributed by atoms with Gasteiger partial charge in [0.05, 0.1) is 0 Å². The molecule has 0 saturated carbocycles. The monoisotopic (exact) mass is 268 g/mol. The maximum atomic E-state index is 3.20. The second kappa shape index (κ2) is 6.00. The van der Waals surface area contributed by atoms with E-state index in [4.69, 9.17) is 0 Å². The molecule has 2 nitrogen and oxygen atoms in total. The lowest BCUT2D eigenvalue weighted by Gasteiger charge is -2.26. The summed E-state index contributed by atoms with van der Waals surface area (Å²) in [5.41, 5.74) is 6.36. The van der Waals surface area contributed by atoms with Gasteiger partial charge in [-0.05, 0) is 42.2 Å². The number of para-hydroxylation sites is 1. The lowest BCUT2D eigenvalue weighted by molar-refractivity contribution is 0.860. The predicted molar refractivity (Wildman–Crippen MR) is 89.3 cm³/mol. The summed E-state index contributed by atoms with van der Waals surface area (Å²) in [5.74, 6) is 0.514. The molecule has 0 saturated heterocycles. The first-order chi connectivity index (χ1) is 9.54. The molecule has 2 rings (SSSR count). The third-order valence-corrected chi connectivity index (χ3v) is 3.75. The van der Waals surface area contributed by atoms with Crippen LogP contribution in [-0.2, 0) is 0 Å². The van der Waals surface area contributed by atoms with Gasteiger partial charge in [-0.2, -0.15) is 0 Å². The molecule has 2 aromatic carbocycles. The van der Waals surface area contributed by atoms with Crippen LogP contribution >= 0.6 is 0 Å². The molecule has 0 heterocycles. The molecule has 0 aliphatic heterocycles. The molecular formula is C18H24N2. The molecule has 0 amide bonds. The van der Waals surface area contributed by atoms with Crippen LogP contribution in [0.25, 0.3) is 0 Å². The molecule has 1 N–H and O–H groups in total. The fraction of sp³-hybridized carbons (Fsp3) is 0.333. The Labute approximate surface area is 122 Å². The number of benzene rings is 2. The Morgan fingerprint density at radius 3 is 2.40 bits per heavy atom. The Bertz CT molecular complexity index is 588. The van der Waals surface area contributed by atoms with E-state index in [-0.39, 0.29) is 0 Å². The lowest BCUT2D eigenvalue weighted by atomic mass is 9.97. The number of hydrogen-bond donors (Lipinski definition) is 1. The van der Waals surface area contributed by atoms with Crippen molar-refractivity contribution in [2.24, 2.45) is 0 Å². The quantitative estimate of drug-likeness (QED) is 0.846. The van der Waals surface area contributed by atoms with Gasteiger partial charge in [0.2, 0.25) is 0 Å². The van der Waals surface area contributed by atoms with Crippen LogP contribution in [0, 0.1) is 6.92 Å². The van der Waals surface area contributed by atoms with Crippen molar-refractivity contribution in [3.8, 4) is 0 Å². The van der Waals surface area contributed by atoms with Crippen LogP contribution < -0.4 is 10.2 Å². The first kappa shape index (κ1) is 14.4. The minimum atomic E-state index is 0.514. The number of rotatable bonds is 4. The van der Waals surface area contributed by atoms with Crippen molar-refractivity contribution in [2.45, 2.75) is 26.7 Å². The van der Waals surface area contributed by atoms with Gasteiger partial charge in [-0.15, -0.1) is 0 Å². The molecule has 2 aromatic rings. The largest absolute Gasteiger partial charge is 0.388 e. The van der Waals surface area contributed by atoms with Gasteiger partial charge >= 0.3 is 0 Å². The highest BCUT2D eigenvalue weighted by atomic mass is 15.1. The number of aryl methyl sites for hydroxylation is 1. The van der Waals surface area contributed by atoms with Crippen molar-refractivity contribution in [1.29, 1.82) is 0 Å². The van der Waals surface area contributed by atoms with Gasteiger partial charge in [0, 0.05) is 31.2 Å². The van der Waals surface area contributed by atoms with Gasteiger partial charge < -0.3 is 10.2 Å². The van der Waals surface area contributed by atoms with E-state index in [1.54, 1.807) is 0 Å². The van der Waals surface area contributed by atoms with E-state index >= 15 is 0 Å². The first-order valence-electron chi connectivity index (χ1n) is 7.15. The van der Waals surface area contributed by atoms with Crippen LogP contribution in [0.15, 0.2) is 42.5 Å². The van der Waals surface area contributed by atoms with Crippen LogP contribution in [-0.4, -0.2) is 14.1 Å². The SMILES string of the molecule is CNc1cccc(N(C)c2c(C)cccc2C(C)C)c1. The zero-order valence-electron chi connectivity index (χ0n) is 13.1. The molecule has 0 aliphatic carbocycles. The van der Waals surface area contributed by atoms with E-state index in [2.05, 4.69) is 80.5 Å². The summed E-state index contributed by atoms with van der Waals surface area (Å²) in [4.78, 5) is 2.28. The zero-order valence-corrected chi connectivity index (χ0v) is 13.1. The van der Waals surface area contributed by atoms with Crippen LogP contribution in [0.3, 0.4) is 0 Å². The van der Waals surface area contributed by atoms with Crippen molar-refractivity contribution in [1.82, 2.24) is 0 Å². The topological polar surface area (TPSA) is 15.3 Å². The molecule has 0 bridgehead atoms. The molecule has 0 fully saturated rings.